The minimum absolute atomic E-state index is 0.603. The van der Waals surface area contributed by atoms with Gasteiger partial charge >= 0.3 is 0 Å². The van der Waals surface area contributed by atoms with Crippen molar-refractivity contribution in [1.82, 2.24) is 4.98 Å². The molecule has 2 aromatic rings. The zero-order valence-corrected chi connectivity index (χ0v) is 11.0. The van der Waals surface area contributed by atoms with Gasteiger partial charge in [-0.05, 0) is 37.3 Å². The van der Waals surface area contributed by atoms with Crippen molar-refractivity contribution >= 4 is 23.2 Å². The van der Waals surface area contributed by atoms with Crippen LogP contribution in [0.2, 0.25) is 10.0 Å². The minimum atomic E-state index is 0.603. The second-order valence-electron chi connectivity index (χ2n) is 3.63. The predicted octanol–water partition coefficient (Wildman–Crippen LogP) is 4.37. The van der Waals surface area contributed by atoms with Crippen LogP contribution in [-0.2, 0) is 0 Å². The SMILES string of the molecule is COc1ccc(C)nc1-c1cc(Cl)ccc1Cl. The quantitative estimate of drug-likeness (QED) is 0.806. The Hall–Kier alpha value is -1.25. The van der Waals surface area contributed by atoms with E-state index in [1.54, 1.807) is 25.3 Å². The molecule has 0 atom stereocenters. The van der Waals surface area contributed by atoms with Crippen LogP contribution >= 0.6 is 23.2 Å². The number of benzene rings is 1. The van der Waals surface area contributed by atoms with E-state index < -0.39 is 0 Å². The summed E-state index contributed by atoms with van der Waals surface area (Å²) in [6.45, 7) is 1.92. The largest absolute Gasteiger partial charge is 0.494 e. The molecular weight excluding hydrogens is 257 g/mol. The van der Waals surface area contributed by atoms with Crippen molar-refractivity contribution in [2.45, 2.75) is 6.92 Å². The Morgan fingerprint density at radius 1 is 1.12 bits per heavy atom. The van der Waals surface area contributed by atoms with Crippen LogP contribution in [0.15, 0.2) is 30.3 Å². The van der Waals surface area contributed by atoms with Crippen LogP contribution in [0.5, 0.6) is 5.75 Å². The number of hydrogen-bond donors (Lipinski definition) is 0. The first kappa shape index (κ1) is 12.2. The van der Waals surface area contributed by atoms with Gasteiger partial charge in [-0.3, -0.25) is 0 Å². The summed E-state index contributed by atoms with van der Waals surface area (Å²) in [6.07, 6.45) is 0. The lowest BCUT2D eigenvalue weighted by atomic mass is 10.1. The summed E-state index contributed by atoms with van der Waals surface area (Å²) in [7, 11) is 1.61. The first-order chi connectivity index (χ1) is 8.11. The summed E-state index contributed by atoms with van der Waals surface area (Å²) in [6, 6.07) is 9.04. The lowest BCUT2D eigenvalue weighted by molar-refractivity contribution is 0.414. The van der Waals surface area contributed by atoms with E-state index in [9.17, 15) is 0 Å². The van der Waals surface area contributed by atoms with Gasteiger partial charge in [0.1, 0.15) is 11.4 Å². The highest BCUT2D eigenvalue weighted by Gasteiger charge is 2.11. The Morgan fingerprint density at radius 2 is 1.88 bits per heavy atom. The fourth-order valence-electron chi connectivity index (χ4n) is 1.58. The standard InChI is InChI=1S/C13H11Cl2NO/c1-8-3-6-12(17-2)13(16-8)10-7-9(14)4-5-11(10)15/h3-7H,1-2H3. The fraction of sp³-hybridized carbons (Fsp3) is 0.154. The topological polar surface area (TPSA) is 22.1 Å². The number of aryl methyl sites for hydroxylation is 1. The van der Waals surface area contributed by atoms with Gasteiger partial charge in [0.15, 0.2) is 0 Å². The lowest BCUT2D eigenvalue weighted by Crippen LogP contribution is -1.93. The maximum atomic E-state index is 6.16. The molecule has 0 spiro atoms. The number of ether oxygens (including phenoxy) is 1. The third-order valence-electron chi connectivity index (χ3n) is 2.40. The number of pyridine rings is 1. The average Bonchev–Trinajstić information content (AvgIpc) is 2.32. The van der Waals surface area contributed by atoms with Crippen LogP contribution < -0.4 is 4.74 Å². The van der Waals surface area contributed by atoms with Crippen molar-refractivity contribution in [1.29, 1.82) is 0 Å². The Bertz CT molecular complexity index is 555. The molecule has 88 valence electrons. The van der Waals surface area contributed by atoms with Crippen LogP contribution in [0.4, 0.5) is 0 Å². The Kier molecular flexibility index (Phi) is 3.55. The van der Waals surface area contributed by atoms with Crippen molar-refractivity contribution in [3.8, 4) is 17.0 Å². The van der Waals surface area contributed by atoms with Crippen molar-refractivity contribution < 1.29 is 4.74 Å². The first-order valence-electron chi connectivity index (χ1n) is 5.09. The molecule has 0 fully saturated rings. The van der Waals surface area contributed by atoms with E-state index in [0.717, 1.165) is 11.3 Å². The fourth-order valence-corrected chi connectivity index (χ4v) is 1.96. The molecule has 0 saturated heterocycles. The Balaban J connectivity index is 2.66. The number of rotatable bonds is 2. The maximum Gasteiger partial charge on any atom is 0.145 e. The van der Waals surface area contributed by atoms with E-state index in [1.165, 1.54) is 0 Å². The normalized spacial score (nSPS) is 10.4. The summed E-state index contributed by atoms with van der Waals surface area (Å²) in [4.78, 5) is 4.45. The highest BCUT2D eigenvalue weighted by atomic mass is 35.5. The molecule has 0 N–H and O–H groups in total. The molecule has 4 heteroatoms. The summed E-state index contributed by atoms with van der Waals surface area (Å²) in [5.41, 5.74) is 2.39. The Morgan fingerprint density at radius 3 is 2.59 bits per heavy atom. The summed E-state index contributed by atoms with van der Waals surface area (Å²) in [5.74, 6) is 0.680. The second-order valence-corrected chi connectivity index (χ2v) is 4.47. The molecule has 0 bridgehead atoms. The second kappa shape index (κ2) is 4.94. The molecule has 1 aromatic carbocycles. The molecular formula is C13H11Cl2NO. The van der Waals surface area contributed by atoms with E-state index in [-0.39, 0.29) is 0 Å². The van der Waals surface area contributed by atoms with Gasteiger partial charge in [-0.2, -0.15) is 0 Å². The van der Waals surface area contributed by atoms with Gasteiger partial charge in [-0.1, -0.05) is 23.2 Å². The molecule has 0 aliphatic carbocycles. The molecule has 2 nitrogen and oxygen atoms in total. The van der Waals surface area contributed by atoms with Gasteiger partial charge in [-0.15, -0.1) is 0 Å². The maximum absolute atomic E-state index is 6.16. The van der Waals surface area contributed by atoms with E-state index in [1.807, 2.05) is 19.1 Å². The number of aromatic nitrogens is 1. The number of methoxy groups -OCH3 is 1. The molecule has 0 saturated carbocycles. The number of nitrogens with zero attached hydrogens (tertiary/aromatic N) is 1. The third kappa shape index (κ3) is 2.54. The van der Waals surface area contributed by atoms with Gasteiger partial charge in [0.05, 0.1) is 12.1 Å². The smallest absolute Gasteiger partial charge is 0.145 e. The van der Waals surface area contributed by atoms with E-state index in [2.05, 4.69) is 4.98 Å². The molecule has 1 aromatic heterocycles. The first-order valence-corrected chi connectivity index (χ1v) is 5.84. The number of halogens is 2. The summed E-state index contributed by atoms with van der Waals surface area (Å²) >= 11 is 12.1. The van der Waals surface area contributed by atoms with E-state index >= 15 is 0 Å². The predicted molar refractivity (Wildman–Crippen MR) is 71.0 cm³/mol. The van der Waals surface area contributed by atoms with Crippen molar-refractivity contribution in [3.63, 3.8) is 0 Å². The van der Waals surface area contributed by atoms with Gasteiger partial charge in [0.2, 0.25) is 0 Å². The molecule has 2 rings (SSSR count). The van der Waals surface area contributed by atoms with Crippen molar-refractivity contribution in [2.24, 2.45) is 0 Å². The van der Waals surface area contributed by atoms with Crippen LogP contribution in [0.3, 0.4) is 0 Å². The van der Waals surface area contributed by atoms with E-state index in [4.69, 9.17) is 27.9 Å². The summed E-state index contributed by atoms with van der Waals surface area (Å²) < 4.78 is 5.29. The zero-order chi connectivity index (χ0) is 12.4. The van der Waals surface area contributed by atoms with Crippen LogP contribution in [0, 0.1) is 6.92 Å². The Labute approximate surface area is 110 Å². The zero-order valence-electron chi connectivity index (χ0n) is 9.50. The van der Waals surface area contributed by atoms with Gasteiger partial charge in [-0.25, -0.2) is 4.98 Å². The molecule has 0 aliphatic heterocycles. The van der Waals surface area contributed by atoms with Crippen LogP contribution in [0.1, 0.15) is 5.69 Å². The highest BCUT2D eigenvalue weighted by Crippen LogP contribution is 2.34. The van der Waals surface area contributed by atoms with E-state index in [0.29, 0.717) is 21.5 Å². The molecule has 0 aliphatic rings. The monoisotopic (exact) mass is 267 g/mol. The molecule has 17 heavy (non-hydrogen) atoms. The van der Waals surface area contributed by atoms with Crippen LogP contribution in [0.25, 0.3) is 11.3 Å². The molecule has 0 unspecified atom stereocenters. The average molecular weight is 268 g/mol. The van der Waals surface area contributed by atoms with Crippen LogP contribution in [-0.4, -0.2) is 12.1 Å². The van der Waals surface area contributed by atoms with Gasteiger partial charge in [0.25, 0.3) is 0 Å². The van der Waals surface area contributed by atoms with Crippen molar-refractivity contribution in [3.05, 3.63) is 46.1 Å². The highest BCUT2D eigenvalue weighted by molar-refractivity contribution is 6.35. The van der Waals surface area contributed by atoms with Crippen molar-refractivity contribution in [2.75, 3.05) is 7.11 Å². The molecule has 0 radical (unpaired) electrons. The third-order valence-corrected chi connectivity index (χ3v) is 2.97. The minimum Gasteiger partial charge on any atom is -0.494 e. The van der Waals surface area contributed by atoms with Gasteiger partial charge < -0.3 is 4.74 Å². The lowest BCUT2D eigenvalue weighted by Gasteiger charge is -2.10. The van der Waals surface area contributed by atoms with Gasteiger partial charge in [0, 0.05) is 16.3 Å². The molecule has 0 amide bonds. The molecule has 1 heterocycles. The summed E-state index contributed by atoms with van der Waals surface area (Å²) in [5, 5.41) is 1.22. The number of hydrogen-bond acceptors (Lipinski definition) is 2.